The van der Waals surface area contributed by atoms with Crippen LogP contribution in [-0.4, -0.2) is 27.7 Å². The molecule has 0 unspecified atom stereocenters. The Morgan fingerprint density at radius 1 is 1.33 bits per heavy atom. The predicted octanol–water partition coefficient (Wildman–Crippen LogP) is 3.82. The van der Waals surface area contributed by atoms with Gasteiger partial charge in [-0.15, -0.1) is 11.3 Å². The molecule has 2 heterocycles. The molecule has 3 rings (SSSR count). The van der Waals surface area contributed by atoms with Gasteiger partial charge in [0.25, 0.3) is 0 Å². The summed E-state index contributed by atoms with van der Waals surface area (Å²) in [6, 6.07) is 2.37. The summed E-state index contributed by atoms with van der Waals surface area (Å²) < 4.78 is 5.33. The molecule has 1 fully saturated rings. The first-order chi connectivity index (χ1) is 11.3. The van der Waals surface area contributed by atoms with Gasteiger partial charge in [0.05, 0.1) is 0 Å². The molecule has 3 N–H and O–H groups in total. The average molecular weight is 348 g/mol. The maximum absolute atomic E-state index is 11.9. The third-order valence-electron chi connectivity index (χ3n) is 4.16. The highest BCUT2D eigenvalue weighted by atomic mass is 32.1. The molecular formula is C17H24N4O2S. The highest BCUT2D eigenvalue weighted by molar-refractivity contribution is 7.18. The molecule has 0 radical (unpaired) electrons. The molecule has 0 aromatic carbocycles. The molecular weight excluding hydrogens is 324 g/mol. The van der Waals surface area contributed by atoms with Crippen LogP contribution in [0.15, 0.2) is 12.3 Å². The van der Waals surface area contributed by atoms with Gasteiger partial charge in [0, 0.05) is 22.5 Å². The van der Waals surface area contributed by atoms with E-state index in [0.29, 0.717) is 11.9 Å². The van der Waals surface area contributed by atoms with E-state index in [0.717, 1.165) is 35.9 Å². The van der Waals surface area contributed by atoms with E-state index in [2.05, 4.69) is 21.4 Å². The lowest BCUT2D eigenvalue weighted by atomic mass is 9.85. The standard InChI is InChI=1S/C17H24N4O2S/c1-17(2,3)23-16(22)20-12-6-4-10(5-7-12)13-8-11-9-19-15(18)21-14(11)24-13/h8-10,12H,4-7H2,1-3H3,(H,20,22)(H2,18,19,21). The molecule has 6 nitrogen and oxygen atoms in total. The van der Waals surface area contributed by atoms with E-state index in [-0.39, 0.29) is 12.1 Å². The Morgan fingerprint density at radius 2 is 2.04 bits per heavy atom. The van der Waals surface area contributed by atoms with Gasteiger partial charge >= 0.3 is 6.09 Å². The third-order valence-corrected chi connectivity index (χ3v) is 5.37. The Labute approximate surface area is 145 Å². The van der Waals surface area contributed by atoms with Crippen LogP contribution in [-0.2, 0) is 4.74 Å². The lowest BCUT2D eigenvalue weighted by molar-refractivity contribution is 0.0491. The zero-order valence-electron chi connectivity index (χ0n) is 14.3. The number of nitrogens with one attached hydrogen (secondary N) is 1. The summed E-state index contributed by atoms with van der Waals surface area (Å²) in [5, 5.41) is 4.04. The van der Waals surface area contributed by atoms with E-state index < -0.39 is 5.60 Å². The number of nitrogens with zero attached hydrogens (tertiary/aromatic N) is 2. The van der Waals surface area contributed by atoms with Crippen molar-refractivity contribution in [2.75, 3.05) is 5.73 Å². The molecule has 1 aliphatic rings. The van der Waals surface area contributed by atoms with Gasteiger partial charge < -0.3 is 15.8 Å². The SMILES string of the molecule is CC(C)(C)OC(=O)NC1CCC(c2cc3cnc(N)nc3s2)CC1. The van der Waals surface area contributed by atoms with Crippen molar-refractivity contribution in [1.82, 2.24) is 15.3 Å². The minimum Gasteiger partial charge on any atom is -0.444 e. The first kappa shape index (κ1) is 17.0. The predicted molar refractivity (Wildman–Crippen MR) is 96.2 cm³/mol. The molecule has 0 spiro atoms. The Bertz CT molecular complexity index is 730. The van der Waals surface area contributed by atoms with Crippen LogP contribution in [0, 0.1) is 0 Å². The van der Waals surface area contributed by atoms with Gasteiger partial charge in [-0.3, -0.25) is 0 Å². The number of thiophene rings is 1. The number of fused-ring (bicyclic) bond motifs is 1. The molecule has 2 aromatic heterocycles. The van der Waals surface area contributed by atoms with Gasteiger partial charge in [0.2, 0.25) is 5.95 Å². The Morgan fingerprint density at radius 3 is 2.71 bits per heavy atom. The van der Waals surface area contributed by atoms with Crippen molar-refractivity contribution in [3.63, 3.8) is 0 Å². The number of alkyl carbamates (subject to hydrolysis) is 1. The highest BCUT2D eigenvalue weighted by Crippen LogP contribution is 2.38. The number of ether oxygens (including phenoxy) is 1. The number of hydrogen-bond donors (Lipinski definition) is 2. The lowest BCUT2D eigenvalue weighted by Gasteiger charge is -2.29. The Balaban J connectivity index is 1.57. The Hall–Kier alpha value is -1.89. The third kappa shape index (κ3) is 4.14. The second-order valence-corrected chi connectivity index (χ2v) is 8.39. The normalized spacial score (nSPS) is 21.6. The smallest absolute Gasteiger partial charge is 0.407 e. The summed E-state index contributed by atoms with van der Waals surface area (Å²) in [5.74, 6) is 0.836. The summed E-state index contributed by atoms with van der Waals surface area (Å²) in [6.07, 6.45) is 5.50. The van der Waals surface area contributed by atoms with Crippen LogP contribution in [0.2, 0.25) is 0 Å². The van der Waals surface area contributed by atoms with E-state index in [1.807, 2.05) is 20.8 Å². The molecule has 2 aromatic rings. The van der Waals surface area contributed by atoms with Crippen molar-refractivity contribution in [1.29, 1.82) is 0 Å². The zero-order chi connectivity index (χ0) is 17.3. The number of amides is 1. The fourth-order valence-corrected chi connectivity index (χ4v) is 4.24. The van der Waals surface area contributed by atoms with E-state index in [1.165, 1.54) is 4.88 Å². The van der Waals surface area contributed by atoms with Crippen molar-refractivity contribution < 1.29 is 9.53 Å². The summed E-state index contributed by atoms with van der Waals surface area (Å²) in [4.78, 5) is 22.5. The van der Waals surface area contributed by atoms with Crippen molar-refractivity contribution in [3.8, 4) is 0 Å². The largest absolute Gasteiger partial charge is 0.444 e. The van der Waals surface area contributed by atoms with E-state index in [4.69, 9.17) is 10.5 Å². The van der Waals surface area contributed by atoms with Gasteiger partial charge in [0.15, 0.2) is 0 Å². The number of anilines is 1. The molecule has 1 aliphatic carbocycles. The van der Waals surface area contributed by atoms with E-state index in [9.17, 15) is 4.79 Å². The maximum atomic E-state index is 11.9. The van der Waals surface area contributed by atoms with Crippen LogP contribution in [0.5, 0.6) is 0 Å². The lowest BCUT2D eigenvalue weighted by Crippen LogP contribution is -2.40. The van der Waals surface area contributed by atoms with Crippen LogP contribution < -0.4 is 11.1 Å². The number of carbonyl (C=O) groups excluding carboxylic acids is 1. The van der Waals surface area contributed by atoms with Crippen LogP contribution in [0.25, 0.3) is 10.2 Å². The molecule has 0 bridgehead atoms. The minimum atomic E-state index is -0.457. The van der Waals surface area contributed by atoms with Crippen LogP contribution in [0.1, 0.15) is 57.2 Å². The number of aromatic nitrogens is 2. The van der Waals surface area contributed by atoms with Crippen LogP contribution >= 0.6 is 11.3 Å². The first-order valence-electron chi connectivity index (χ1n) is 8.31. The summed E-state index contributed by atoms with van der Waals surface area (Å²) in [6.45, 7) is 5.63. The second-order valence-electron chi connectivity index (χ2n) is 7.33. The minimum absolute atomic E-state index is 0.195. The highest BCUT2D eigenvalue weighted by Gasteiger charge is 2.26. The zero-order valence-corrected chi connectivity index (χ0v) is 15.2. The molecule has 0 aliphatic heterocycles. The molecule has 130 valence electrons. The van der Waals surface area contributed by atoms with Crippen LogP contribution in [0.3, 0.4) is 0 Å². The quantitative estimate of drug-likeness (QED) is 0.861. The number of hydrogen-bond acceptors (Lipinski definition) is 6. The van der Waals surface area contributed by atoms with E-state index >= 15 is 0 Å². The molecule has 1 amide bonds. The van der Waals surface area contributed by atoms with Crippen molar-refractivity contribution >= 4 is 33.6 Å². The van der Waals surface area contributed by atoms with Crippen molar-refractivity contribution in [2.24, 2.45) is 0 Å². The van der Waals surface area contributed by atoms with Crippen molar-refractivity contribution in [2.45, 2.75) is 64.0 Å². The number of nitrogen functional groups attached to an aromatic ring is 1. The second kappa shape index (κ2) is 6.55. The molecule has 7 heteroatoms. The Kier molecular flexibility index (Phi) is 4.62. The first-order valence-corrected chi connectivity index (χ1v) is 9.13. The summed E-state index contributed by atoms with van der Waals surface area (Å²) >= 11 is 1.70. The van der Waals surface area contributed by atoms with E-state index in [1.54, 1.807) is 17.5 Å². The maximum Gasteiger partial charge on any atom is 0.407 e. The number of carbonyl (C=O) groups is 1. The molecule has 24 heavy (non-hydrogen) atoms. The topological polar surface area (TPSA) is 90.1 Å². The van der Waals surface area contributed by atoms with Crippen LogP contribution in [0.4, 0.5) is 10.7 Å². The summed E-state index contributed by atoms with van der Waals surface area (Å²) in [5.41, 5.74) is 5.20. The van der Waals surface area contributed by atoms with Gasteiger partial charge in [0.1, 0.15) is 10.4 Å². The number of nitrogens with two attached hydrogens (primary N) is 1. The number of rotatable bonds is 2. The average Bonchev–Trinajstić information content (AvgIpc) is 2.89. The fourth-order valence-electron chi connectivity index (χ4n) is 3.06. The van der Waals surface area contributed by atoms with Gasteiger partial charge in [-0.1, -0.05) is 0 Å². The molecule has 0 saturated heterocycles. The van der Waals surface area contributed by atoms with Gasteiger partial charge in [-0.25, -0.2) is 14.8 Å². The van der Waals surface area contributed by atoms with Gasteiger partial charge in [-0.05, 0) is 58.4 Å². The monoisotopic (exact) mass is 348 g/mol. The van der Waals surface area contributed by atoms with Gasteiger partial charge in [-0.2, -0.15) is 0 Å². The molecule has 1 saturated carbocycles. The summed E-state index contributed by atoms with van der Waals surface area (Å²) in [7, 11) is 0. The molecule has 0 atom stereocenters. The van der Waals surface area contributed by atoms with Crippen molar-refractivity contribution in [3.05, 3.63) is 17.1 Å². The fraction of sp³-hybridized carbons (Fsp3) is 0.588.